The van der Waals surface area contributed by atoms with Crippen molar-refractivity contribution in [2.75, 3.05) is 5.34 Å². The first kappa shape index (κ1) is 43.6. The molecule has 0 aliphatic heterocycles. The van der Waals surface area contributed by atoms with Gasteiger partial charge in [-0.25, -0.2) is 10.2 Å². The quantitative estimate of drug-likeness (QED) is 0.0799. The molecule has 7 aromatic carbocycles. The normalized spacial score (nSPS) is 10.8. The van der Waals surface area contributed by atoms with Crippen molar-refractivity contribution in [2.45, 2.75) is 0 Å². The number of alkyl halides is 2. The molecule has 9 aromatic rings. The molecule has 0 unspecified atom stereocenters. The van der Waals surface area contributed by atoms with E-state index in [-0.39, 0.29) is 22.4 Å². The molecular formula is C49H44BCl2CuN4P2+2. The Balaban J connectivity index is 0.000000191. The fourth-order valence-corrected chi connectivity index (χ4v) is 13.7. The first-order valence-corrected chi connectivity index (χ1v) is 23.3. The molecule has 10 heteroatoms. The minimum Gasteiger partial charge on any atom is -0.413 e. The summed E-state index contributed by atoms with van der Waals surface area (Å²) < 4.78 is 4.02. The van der Waals surface area contributed by atoms with Gasteiger partial charge in [-0.2, -0.15) is 10.9 Å². The van der Waals surface area contributed by atoms with Crippen LogP contribution in [0.1, 0.15) is 0 Å². The van der Waals surface area contributed by atoms with E-state index in [1.165, 1.54) is 31.8 Å². The Bertz CT molecular complexity index is 2250. The van der Waals surface area contributed by atoms with Gasteiger partial charge in [0, 0.05) is 12.4 Å². The van der Waals surface area contributed by atoms with E-state index in [2.05, 4.69) is 204 Å². The molecule has 0 bridgehead atoms. The Morgan fingerprint density at radius 2 is 0.627 bits per heavy atom. The molecule has 0 amide bonds. The molecule has 0 atom stereocenters. The van der Waals surface area contributed by atoms with Crippen LogP contribution in [0.5, 0.6) is 0 Å². The van der Waals surface area contributed by atoms with Crippen LogP contribution in [0.25, 0.3) is 0 Å². The molecule has 9 rings (SSSR count). The van der Waals surface area contributed by atoms with Crippen molar-refractivity contribution in [3.63, 3.8) is 0 Å². The molecule has 2 heterocycles. The van der Waals surface area contributed by atoms with Gasteiger partial charge >= 0.3 is 17.1 Å². The summed E-state index contributed by atoms with van der Waals surface area (Å²) >= 11 is 9.53. The third-order valence-corrected chi connectivity index (χ3v) is 15.9. The Morgan fingerprint density at radius 1 is 0.373 bits per heavy atom. The summed E-state index contributed by atoms with van der Waals surface area (Å²) in [5.74, 6) is 0. The molecule has 4 nitrogen and oxygen atoms in total. The average Bonchev–Trinajstić information content (AvgIpc) is 4.05. The van der Waals surface area contributed by atoms with Crippen LogP contribution in [0.2, 0.25) is 0 Å². The van der Waals surface area contributed by atoms with E-state index in [1.54, 1.807) is 0 Å². The molecule has 0 aliphatic carbocycles. The predicted octanol–water partition coefficient (Wildman–Crippen LogP) is 7.82. The van der Waals surface area contributed by atoms with Gasteiger partial charge in [0.2, 0.25) is 0 Å². The summed E-state index contributed by atoms with van der Waals surface area (Å²) in [7, 11) is -2.28. The smallest absolute Gasteiger partial charge is 0.413 e. The molecule has 0 saturated heterocycles. The van der Waals surface area contributed by atoms with Crippen LogP contribution in [0.3, 0.4) is 0 Å². The third kappa shape index (κ3) is 10.2. The molecule has 0 spiro atoms. The van der Waals surface area contributed by atoms with Crippen molar-refractivity contribution in [1.29, 1.82) is 0 Å². The number of rotatable bonds is 10. The van der Waals surface area contributed by atoms with Gasteiger partial charge < -0.3 is 9.19 Å². The van der Waals surface area contributed by atoms with Crippen LogP contribution in [-0.2, 0) is 17.1 Å². The van der Waals surface area contributed by atoms with Gasteiger partial charge in [-0.15, -0.1) is 23.2 Å². The van der Waals surface area contributed by atoms with Crippen LogP contribution < -0.4 is 42.8 Å². The Hall–Kier alpha value is -5.02. The van der Waals surface area contributed by atoms with Crippen molar-refractivity contribution in [3.8, 4) is 0 Å². The molecule has 0 saturated carbocycles. The fraction of sp³-hybridized carbons (Fsp3) is 0.0204. The molecule has 0 radical (unpaired) electrons. The minimum atomic E-state index is -1.52. The molecule has 59 heavy (non-hydrogen) atoms. The monoisotopic (exact) mass is 894 g/mol. The van der Waals surface area contributed by atoms with E-state index in [9.17, 15) is 0 Å². The summed E-state index contributed by atoms with van der Waals surface area (Å²) in [6.07, 6.45) is 6.10. The number of hydrogen-bond acceptors (Lipinski definition) is 2. The van der Waals surface area contributed by atoms with Crippen molar-refractivity contribution < 1.29 is 17.1 Å². The summed E-state index contributed by atoms with van der Waals surface area (Å²) in [4.78, 5) is 0. The zero-order valence-electron chi connectivity index (χ0n) is 32.2. The second kappa shape index (κ2) is 22.4. The van der Waals surface area contributed by atoms with Crippen LogP contribution in [-0.4, -0.2) is 31.1 Å². The maximum Gasteiger partial charge on any atom is 1.00 e. The van der Waals surface area contributed by atoms with Crippen molar-refractivity contribution in [1.82, 2.24) is 19.4 Å². The topological polar surface area (TPSA) is 35.6 Å². The Labute approximate surface area is 370 Å². The van der Waals surface area contributed by atoms with Gasteiger partial charge in [0.15, 0.2) is 0 Å². The number of hydrogen-bond donors (Lipinski definition) is 0. The van der Waals surface area contributed by atoms with Crippen molar-refractivity contribution in [3.05, 3.63) is 243 Å². The van der Waals surface area contributed by atoms with Crippen LogP contribution >= 0.6 is 39.0 Å². The van der Waals surface area contributed by atoms with Crippen LogP contribution in [0.4, 0.5) is 0 Å². The van der Waals surface area contributed by atoms with Gasteiger partial charge in [-0.05, 0) is 85.2 Å². The molecule has 0 fully saturated rings. The zero-order valence-corrected chi connectivity index (χ0v) is 36.7. The third-order valence-electron chi connectivity index (χ3n) is 10.1. The SMILES string of the molecule is ClCCl.[Cu+].c1ccc([B-](c2ccccc2)(n2cccn2)n2cccn2)cc1.c1ccc([PH+](c2ccccc2)c2ccccc2[PH+](c2ccccc2)c2ccccc2)cc1. The summed E-state index contributed by atoms with van der Waals surface area (Å²) in [5.41, 5.74) is 2.32. The number of benzene rings is 7. The largest absolute Gasteiger partial charge is 1.00 e. The summed E-state index contributed by atoms with van der Waals surface area (Å²) in [5, 5.41) is 18.1. The van der Waals surface area contributed by atoms with Crippen molar-refractivity contribution in [2.24, 2.45) is 0 Å². The number of halogens is 2. The first-order chi connectivity index (χ1) is 28.8. The van der Waals surface area contributed by atoms with Crippen LogP contribution in [0.15, 0.2) is 243 Å². The van der Waals surface area contributed by atoms with E-state index in [0.29, 0.717) is 0 Å². The average molecular weight is 896 g/mol. The van der Waals surface area contributed by atoms with Crippen LogP contribution in [0, 0.1) is 0 Å². The van der Waals surface area contributed by atoms with Gasteiger partial charge in [0.1, 0.15) is 47.7 Å². The first-order valence-electron chi connectivity index (χ1n) is 19.2. The summed E-state index contributed by atoms with van der Waals surface area (Å²) in [6.45, 7) is 0. The second-order valence-corrected chi connectivity index (χ2v) is 19.1. The second-order valence-electron chi connectivity index (χ2n) is 13.4. The zero-order chi connectivity index (χ0) is 39.8. The standard InChI is InChI=1S/C30H24P2.C18H16BN4.CH2Cl2.Cu/c1-5-15-25(16-6-1)31(26-17-7-2-8-18-26)29-23-13-14-24-30(29)32(27-19-9-3-10-20-27)28-21-11-4-12-22-28;1-3-9-17(10-4-1)19(22-15-7-13-20-22,23-16-8-14-21-23)18-11-5-2-6-12-18;2-1-3;/h1-24H;1-16H;1H2;/q;-1;;+1/p+2. The Kier molecular flexibility index (Phi) is 16.5. The maximum absolute atomic E-state index is 4.76. The van der Waals surface area contributed by atoms with E-state index >= 15 is 0 Å². The van der Waals surface area contributed by atoms with E-state index in [4.69, 9.17) is 23.2 Å². The number of aromatic nitrogens is 4. The molecule has 0 aliphatic rings. The molecule has 0 N–H and O–H groups in total. The van der Waals surface area contributed by atoms with Crippen molar-refractivity contribution >= 4 is 88.2 Å². The predicted molar refractivity (Wildman–Crippen MR) is 256 cm³/mol. The van der Waals surface area contributed by atoms with E-state index in [0.717, 1.165) is 10.9 Å². The van der Waals surface area contributed by atoms with Gasteiger partial charge in [-0.1, -0.05) is 146 Å². The van der Waals surface area contributed by atoms with Gasteiger partial charge in [0.25, 0.3) is 6.42 Å². The van der Waals surface area contributed by atoms with E-state index < -0.39 is 22.3 Å². The minimum absolute atomic E-state index is 0. The van der Waals surface area contributed by atoms with Gasteiger partial charge in [-0.3, -0.25) is 0 Å². The van der Waals surface area contributed by atoms with E-state index in [1.807, 2.05) is 58.2 Å². The maximum atomic E-state index is 4.76. The summed E-state index contributed by atoms with van der Waals surface area (Å²) in [6, 6.07) is 78.2. The number of nitrogens with zero attached hydrogens (tertiary/aromatic N) is 4. The molecular weight excluding hydrogens is 852 g/mol. The molecule has 296 valence electrons. The van der Waals surface area contributed by atoms with Gasteiger partial charge in [0.05, 0.1) is 5.34 Å². The molecule has 2 aromatic heterocycles. The Morgan fingerprint density at radius 3 is 0.881 bits per heavy atom. The fourth-order valence-electron chi connectivity index (χ4n) is 7.66.